The van der Waals surface area contributed by atoms with Gasteiger partial charge in [-0.15, -0.1) is 11.3 Å². The number of oxazole rings is 1. The molecule has 0 aliphatic carbocycles. The minimum atomic E-state index is -0.429. The number of esters is 1. The molecule has 7 nitrogen and oxygen atoms in total. The van der Waals surface area contributed by atoms with Gasteiger partial charge in [0.05, 0.1) is 23.9 Å². The minimum Gasteiger partial charge on any atom is -0.461 e. The molecule has 0 amide bonds. The number of fused-ring (bicyclic) bond motifs is 1. The van der Waals surface area contributed by atoms with Gasteiger partial charge in [0.25, 0.3) is 6.01 Å². The first-order valence-electron chi connectivity index (χ1n) is 8.69. The van der Waals surface area contributed by atoms with E-state index in [0.717, 1.165) is 38.2 Å². The molecule has 2 aromatic heterocycles. The number of hydrogen-bond acceptors (Lipinski definition) is 8. The average Bonchev–Trinajstić information content (AvgIpc) is 3.35. The summed E-state index contributed by atoms with van der Waals surface area (Å²) in [5.41, 5.74) is 3.30. The summed E-state index contributed by atoms with van der Waals surface area (Å²) in [6, 6.07) is 1.42. The Bertz CT molecular complexity index is 759. The van der Waals surface area contributed by atoms with E-state index < -0.39 is 5.97 Å². The minimum absolute atomic E-state index is 0.246. The quantitative estimate of drug-likeness (QED) is 0.757. The van der Waals surface area contributed by atoms with Crippen molar-refractivity contribution >= 4 is 23.3 Å². The van der Waals surface area contributed by atoms with Crippen LogP contribution in [0.4, 0.5) is 6.01 Å². The van der Waals surface area contributed by atoms with Crippen molar-refractivity contribution in [1.82, 2.24) is 14.9 Å². The lowest BCUT2D eigenvalue weighted by Gasteiger charge is -2.24. The van der Waals surface area contributed by atoms with E-state index in [2.05, 4.69) is 26.7 Å². The van der Waals surface area contributed by atoms with Gasteiger partial charge in [-0.25, -0.2) is 9.78 Å². The molecule has 2 saturated heterocycles. The van der Waals surface area contributed by atoms with Gasteiger partial charge in [0.1, 0.15) is 6.26 Å². The standard InChI is InChI=1S/C17H22N4O3S/c1-3-23-16(22)12-9-24-17(19-12)21-7-5-13-14(21)4-6-20(13)8-15-11(2)18-10-25-15/h9-10,13-14H,3-8H2,1-2H3/t13-,14-/m0/s1. The van der Waals surface area contributed by atoms with Crippen LogP contribution in [-0.2, 0) is 11.3 Å². The Morgan fingerprint density at radius 2 is 2.24 bits per heavy atom. The van der Waals surface area contributed by atoms with Crippen molar-refractivity contribution in [2.75, 3.05) is 24.6 Å². The van der Waals surface area contributed by atoms with E-state index in [1.165, 1.54) is 11.1 Å². The number of aryl methyl sites for hydroxylation is 1. The Morgan fingerprint density at radius 3 is 3.00 bits per heavy atom. The normalized spacial score (nSPS) is 23.2. The number of hydrogen-bond donors (Lipinski definition) is 0. The molecule has 2 fully saturated rings. The van der Waals surface area contributed by atoms with Crippen molar-refractivity contribution in [3.8, 4) is 0 Å². The fraction of sp³-hybridized carbons (Fsp3) is 0.588. The molecule has 8 heteroatoms. The second-order valence-electron chi connectivity index (χ2n) is 6.47. The van der Waals surface area contributed by atoms with Crippen LogP contribution in [0.3, 0.4) is 0 Å². The van der Waals surface area contributed by atoms with E-state index in [-0.39, 0.29) is 5.69 Å². The van der Waals surface area contributed by atoms with Crippen LogP contribution in [0.25, 0.3) is 0 Å². The number of ether oxygens (including phenoxy) is 1. The summed E-state index contributed by atoms with van der Waals surface area (Å²) in [5, 5.41) is 0. The third-order valence-corrected chi connectivity index (χ3v) is 6.03. The number of anilines is 1. The molecule has 4 heterocycles. The molecule has 2 aromatic rings. The van der Waals surface area contributed by atoms with Gasteiger partial charge in [-0.1, -0.05) is 0 Å². The number of carbonyl (C=O) groups is 1. The molecule has 2 atom stereocenters. The summed E-state index contributed by atoms with van der Waals surface area (Å²) < 4.78 is 10.6. The Morgan fingerprint density at radius 1 is 1.40 bits per heavy atom. The second kappa shape index (κ2) is 6.76. The molecule has 25 heavy (non-hydrogen) atoms. The van der Waals surface area contributed by atoms with Gasteiger partial charge in [-0.2, -0.15) is 4.98 Å². The van der Waals surface area contributed by atoms with Crippen LogP contribution < -0.4 is 4.90 Å². The van der Waals surface area contributed by atoms with Crippen molar-refractivity contribution in [3.63, 3.8) is 0 Å². The van der Waals surface area contributed by atoms with Gasteiger partial charge in [-0.05, 0) is 26.7 Å². The van der Waals surface area contributed by atoms with Crippen LogP contribution >= 0.6 is 11.3 Å². The number of nitrogens with zero attached hydrogens (tertiary/aromatic N) is 4. The van der Waals surface area contributed by atoms with Gasteiger partial charge in [0.2, 0.25) is 0 Å². The van der Waals surface area contributed by atoms with Crippen molar-refractivity contribution in [3.05, 3.63) is 28.0 Å². The van der Waals surface area contributed by atoms with Crippen LogP contribution in [-0.4, -0.2) is 52.6 Å². The van der Waals surface area contributed by atoms with Gasteiger partial charge < -0.3 is 14.1 Å². The number of aromatic nitrogens is 2. The first kappa shape index (κ1) is 16.5. The predicted molar refractivity (Wildman–Crippen MR) is 93.9 cm³/mol. The molecule has 2 aliphatic rings. The van der Waals surface area contributed by atoms with E-state index in [9.17, 15) is 4.79 Å². The number of rotatable bonds is 5. The number of thiazole rings is 1. The topological polar surface area (TPSA) is 71.7 Å². The summed E-state index contributed by atoms with van der Waals surface area (Å²) >= 11 is 1.73. The Kier molecular flexibility index (Phi) is 4.47. The fourth-order valence-electron chi connectivity index (χ4n) is 3.87. The third-order valence-electron chi connectivity index (χ3n) is 5.11. The maximum absolute atomic E-state index is 11.8. The van der Waals surface area contributed by atoms with Gasteiger partial charge in [0, 0.05) is 30.6 Å². The zero-order valence-corrected chi connectivity index (χ0v) is 15.3. The largest absolute Gasteiger partial charge is 0.461 e. The molecular weight excluding hydrogens is 340 g/mol. The van der Waals surface area contributed by atoms with Crippen molar-refractivity contribution in [2.24, 2.45) is 0 Å². The van der Waals surface area contributed by atoms with Crippen LogP contribution in [0.5, 0.6) is 0 Å². The van der Waals surface area contributed by atoms with Crippen molar-refractivity contribution in [1.29, 1.82) is 0 Å². The second-order valence-corrected chi connectivity index (χ2v) is 7.41. The van der Waals surface area contributed by atoms with E-state index in [1.807, 2.05) is 5.51 Å². The van der Waals surface area contributed by atoms with Gasteiger partial charge >= 0.3 is 5.97 Å². The molecule has 4 rings (SSSR count). The van der Waals surface area contributed by atoms with E-state index in [1.54, 1.807) is 18.3 Å². The molecular formula is C17H22N4O3S. The molecule has 0 radical (unpaired) electrons. The molecule has 0 spiro atoms. The smallest absolute Gasteiger partial charge is 0.360 e. The van der Waals surface area contributed by atoms with E-state index in [0.29, 0.717) is 24.7 Å². The highest BCUT2D eigenvalue weighted by atomic mass is 32.1. The number of likely N-dealkylation sites (tertiary alicyclic amines) is 1. The van der Waals surface area contributed by atoms with Crippen LogP contribution in [0, 0.1) is 6.92 Å². The lowest BCUT2D eigenvalue weighted by molar-refractivity contribution is 0.0519. The Hall–Kier alpha value is -1.93. The molecule has 0 unspecified atom stereocenters. The first-order valence-corrected chi connectivity index (χ1v) is 9.57. The molecule has 0 aromatic carbocycles. The summed E-state index contributed by atoms with van der Waals surface area (Å²) in [7, 11) is 0. The fourth-order valence-corrected chi connectivity index (χ4v) is 4.67. The lowest BCUT2D eigenvalue weighted by atomic mass is 10.1. The molecule has 0 saturated carbocycles. The SMILES string of the molecule is CCOC(=O)c1coc(N2CC[C@H]3[C@@H]2CCN3Cc2scnc2C)n1. The lowest BCUT2D eigenvalue weighted by Crippen LogP contribution is -2.36. The highest BCUT2D eigenvalue weighted by Crippen LogP contribution is 2.36. The first-order chi connectivity index (χ1) is 12.2. The average molecular weight is 362 g/mol. The third kappa shape index (κ3) is 3.04. The van der Waals surface area contributed by atoms with Crippen molar-refractivity contribution in [2.45, 2.75) is 45.3 Å². The maximum atomic E-state index is 11.8. The van der Waals surface area contributed by atoms with Crippen LogP contribution in [0.1, 0.15) is 40.8 Å². The van der Waals surface area contributed by atoms with E-state index >= 15 is 0 Å². The zero-order chi connectivity index (χ0) is 17.4. The zero-order valence-electron chi connectivity index (χ0n) is 14.5. The molecule has 0 N–H and O–H groups in total. The van der Waals surface area contributed by atoms with Gasteiger partial charge in [0.15, 0.2) is 5.69 Å². The molecule has 134 valence electrons. The highest BCUT2D eigenvalue weighted by Gasteiger charge is 2.44. The Balaban J connectivity index is 1.45. The summed E-state index contributed by atoms with van der Waals surface area (Å²) in [6.45, 7) is 7.11. The number of carbonyl (C=O) groups excluding carboxylic acids is 1. The maximum Gasteiger partial charge on any atom is 0.360 e. The van der Waals surface area contributed by atoms with Crippen molar-refractivity contribution < 1.29 is 13.9 Å². The Labute approximate surface area is 150 Å². The monoisotopic (exact) mass is 362 g/mol. The van der Waals surface area contributed by atoms with Gasteiger partial charge in [-0.3, -0.25) is 4.90 Å². The van der Waals surface area contributed by atoms with E-state index in [4.69, 9.17) is 9.15 Å². The highest BCUT2D eigenvalue weighted by molar-refractivity contribution is 7.09. The summed E-state index contributed by atoms with van der Waals surface area (Å²) in [5.74, 6) is -0.429. The molecule has 2 aliphatic heterocycles. The van der Waals surface area contributed by atoms with Crippen LogP contribution in [0.15, 0.2) is 16.2 Å². The predicted octanol–water partition coefficient (Wildman–Crippen LogP) is 2.47. The van der Waals surface area contributed by atoms with Crippen LogP contribution in [0.2, 0.25) is 0 Å². The summed E-state index contributed by atoms with van der Waals surface area (Å²) in [4.78, 5) is 26.6. The summed E-state index contributed by atoms with van der Waals surface area (Å²) in [6.07, 6.45) is 3.56. The molecule has 0 bridgehead atoms.